The maximum absolute atomic E-state index is 13.9. The average molecular weight is 575 g/mol. The van der Waals surface area contributed by atoms with Crippen LogP contribution in [0.2, 0.25) is 5.02 Å². The Balaban J connectivity index is 1.27. The first kappa shape index (κ1) is 26.9. The Hall–Kier alpha value is -3.30. The van der Waals surface area contributed by atoms with Crippen LogP contribution < -0.4 is 0 Å². The van der Waals surface area contributed by atoms with Crippen molar-refractivity contribution in [2.24, 2.45) is 0 Å². The van der Waals surface area contributed by atoms with E-state index >= 15 is 0 Å². The molecule has 4 aromatic rings. The van der Waals surface area contributed by atoms with Crippen LogP contribution in [0, 0.1) is 0 Å². The lowest BCUT2D eigenvalue weighted by Gasteiger charge is -2.52. The van der Waals surface area contributed by atoms with Gasteiger partial charge in [-0.1, -0.05) is 35.9 Å². The normalized spacial score (nSPS) is 21.6. The molecule has 0 spiro atoms. The maximum Gasteiger partial charge on any atom is 0.254 e. The number of fused-ring (bicyclic) bond motifs is 3. The highest BCUT2D eigenvalue weighted by atomic mass is 35.5. The largest absolute Gasteiger partial charge is 0.330 e. The van der Waals surface area contributed by atoms with Crippen molar-refractivity contribution >= 4 is 38.3 Å². The summed E-state index contributed by atoms with van der Waals surface area (Å²) in [6.45, 7) is 0.533. The van der Waals surface area contributed by atoms with Crippen LogP contribution in [0.15, 0.2) is 90.1 Å². The highest BCUT2D eigenvalue weighted by Crippen LogP contribution is 2.35. The molecule has 0 N–H and O–H groups in total. The van der Waals surface area contributed by atoms with E-state index in [0.29, 0.717) is 23.4 Å². The summed E-state index contributed by atoms with van der Waals surface area (Å²) in [5.74, 6) is -0.0480. The third-order valence-corrected chi connectivity index (χ3v) is 10.3. The smallest absolute Gasteiger partial charge is 0.254 e. The van der Waals surface area contributed by atoms with Gasteiger partial charge >= 0.3 is 0 Å². The third kappa shape index (κ3) is 5.01. The molecule has 0 aliphatic carbocycles. The zero-order chi connectivity index (χ0) is 28.0. The highest BCUT2D eigenvalue weighted by molar-refractivity contribution is 7.89. The van der Waals surface area contributed by atoms with Gasteiger partial charge in [0.15, 0.2) is 0 Å². The molecule has 2 bridgehead atoms. The minimum atomic E-state index is -3.75. The quantitative estimate of drug-likeness (QED) is 0.329. The van der Waals surface area contributed by atoms with Gasteiger partial charge in [-0.15, -0.1) is 0 Å². The number of rotatable bonds is 5. The topological polar surface area (TPSA) is 73.8 Å². The lowest BCUT2D eigenvalue weighted by Crippen LogP contribution is -2.66. The van der Waals surface area contributed by atoms with Crippen LogP contribution in [0.4, 0.5) is 0 Å². The molecule has 6 rings (SSSR count). The van der Waals surface area contributed by atoms with Crippen molar-refractivity contribution in [3.05, 3.63) is 95.8 Å². The number of halogens is 1. The standard InChI is InChI=1S/C31H31ClN4O3S/c1-34(2)27-17-28-19-35(40(38,39)30-10-8-24-15-26(32)9-7-25(24)16-30)20-29(18-27)36(28)31(37)23-5-3-21(4-6-23)22-11-13-33-14-12-22/h3-16,27-29H,17-20H2,1-2H3. The first-order valence-corrected chi connectivity index (χ1v) is 15.2. The van der Waals surface area contributed by atoms with Gasteiger partial charge in [0.2, 0.25) is 10.0 Å². The van der Waals surface area contributed by atoms with Crippen LogP contribution in [-0.2, 0) is 10.0 Å². The van der Waals surface area contributed by atoms with E-state index < -0.39 is 10.0 Å². The van der Waals surface area contributed by atoms with Crippen molar-refractivity contribution in [1.82, 2.24) is 19.1 Å². The van der Waals surface area contributed by atoms with Crippen LogP contribution in [0.5, 0.6) is 0 Å². The van der Waals surface area contributed by atoms with Gasteiger partial charge in [-0.3, -0.25) is 9.78 Å². The number of carbonyl (C=O) groups is 1. The predicted octanol–water partition coefficient (Wildman–Crippen LogP) is 5.16. The molecule has 2 aliphatic heterocycles. The number of piperazine rings is 1. The fourth-order valence-corrected chi connectivity index (χ4v) is 7.80. The molecular formula is C31H31ClN4O3S. The maximum atomic E-state index is 13.9. The summed E-state index contributed by atoms with van der Waals surface area (Å²) in [5.41, 5.74) is 2.66. The lowest BCUT2D eigenvalue weighted by molar-refractivity contribution is -0.00321. The van der Waals surface area contributed by atoms with E-state index in [-0.39, 0.29) is 42.0 Å². The summed E-state index contributed by atoms with van der Waals surface area (Å²) in [5, 5.41) is 2.32. The molecule has 0 radical (unpaired) electrons. The molecule has 3 aromatic carbocycles. The van der Waals surface area contributed by atoms with Gasteiger partial charge in [0, 0.05) is 54.2 Å². The molecule has 2 saturated heterocycles. The number of benzene rings is 3. The van der Waals surface area contributed by atoms with Gasteiger partial charge in [0.25, 0.3) is 5.91 Å². The number of piperidine rings is 1. The van der Waals surface area contributed by atoms with E-state index in [1.807, 2.05) is 67.5 Å². The van der Waals surface area contributed by atoms with E-state index in [4.69, 9.17) is 11.6 Å². The molecule has 9 heteroatoms. The van der Waals surface area contributed by atoms with E-state index in [9.17, 15) is 13.2 Å². The monoisotopic (exact) mass is 574 g/mol. The van der Waals surface area contributed by atoms with Gasteiger partial charge in [-0.25, -0.2) is 8.42 Å². The van der Waals surface area contributed by atoms with Crippen molar-refractivity contribution in [3.63, 3.8) is 0 Å². The fourth-order valence-electron chi connectivity index (χ4n) is 6.07. The Bertz CT molecular complexity index is 1650. The van der Waals surface area contributed by atoms with Crippen LogP contribution in [0.1, 0.15) is 23.2 Å². The van der Waals surface area contributed by atoms with Gasteiger partial charge in [0.05, 0.1) is 4.90 Å². The molecule has 2 atom stereocenters. The second-order valence-electron chi connectivity index (χ2n) is 10.9. The lowest BCUT2D eigenvalue weighted by atomic mass is 9.87. The molecule has 7 nitrogen and oxygen atoms in total. The van der Waals surface area contributed by atoms with Crippen LogP contribution in [0.25, 0.3) is 21.9 Å². The number of hydrogen-bond acceptors (Lipinski definition) is 5. The summed E-state index contributed by atoms with van der Waals surface area (Å²) in [4.78, 5) is 22.3. The SMILES string of the molecule is CN(C)C1CC2CN(S(=O)(=O)c3ccc4cc(Cl)ccc4c3)CC(C1)N2C(=O)c1ccc(-c2ccncc2)cc1. The zero-order valence-corrected chi connectivity index (χ0v) is 24.0. The van der Waals surface area contributed by atoms with Crippen LogP contribution >= 0.6 is 11.6 Å². The second-order valence-corrected chi connectivity index (χ2v) is 13.3. The first-order chi connectivity index (χ1) is 19.2. The Morgan fingerprint density at radius 3 is 2.10 bits per heavy atom. The minimum absolute atomic E-state index is 0.0480. The van der Waals surface area contributed by atoms with Crippen LogP contribution in [0.3, 0.4) is 0 Å². The number of carbonyl (C=O) groups excluding carboxylic acids is 1. The van der Waals surface area contributed by atoms with Crippen molar-refractivity contribution in [3.8, 4) is 11.1 Å². The van der Waals surface area contributed by atoms with E-state index in [1.54, 1.807) is 41.0 Å². The summed E-state index contributed by atoms with van der Waals surface area (Å²) in [7, 11) is 0.345. The summed E-state index contributed by atoms with van der Waals surface area (Å²) in [6.07, 6.45) is 4.93. The molecule has 40 heavy (non-hydrogen) atoms. The highest BCUT2D eigenvalue weighted by Gasteiger charge is 2.47. The summed E-state index contributed by atoms with van der Waals surface area (Å²) in [6, 6.07) is 21.9. The Kier molecular flexibility index (Phi) is 7.12. The molecule has 206 valence electrons. The minimum Gasteiger partial charge on any atom is -0.330 e. The van der Waals surface area contributed by atoms with Crippen molar-refractivity contribution < 1.29 is 13.2 Å². The van der Waals surface area contributed by atoms with Gasteiger partial charge in [0.1, 0.15) is 0 Å². The second kappa shape index (κ2) is 10.6. The summed E-state index contributed by atoms with van der Waals surface area (Å²) < 4.78 is 29.3. The number of pyridine rings is 1. The zero-order valence-electron chi connectivity index (χ0n) is 22.4. The fraction of sp³-hybridized carbons (Fsp3) is 0.290. The first-order valence-electron chi connectivity index (χ1n) is 13.4. The molecule has 2 unspecified atom stereocenters. The molecule has 2 fully saturated rings. The molecule has 1 amide bonds. The van der Waals surface area contributed by atoms with Gasteiger partial charge < -0.3 is 9.80 Å². The number of aromatic nitrogens is 1. The Labute approximate surface area is 240 Å². The molecule has 2 aliphatic rings. The van der Waals surface area contributed by atoms with Crippen molar-refractivity contribution in [2.45, 2.75) is 35.9 Å². The summed E-state index contributed by atoms with van der Waals surface area (Å²) >= 11 is 6.11. The predicted molar refractivity (Wildman–Crippen MR) is 158 cm³/mol. The molecular weight excluding hydrogens is 544 g/mol. The van der Waals surface area contributed by atoms with Crippen molar-refractivity contribution in [2.75, 3.05) is 27.2 Å². The van der Waals surface area contributed by atoms with E-state index in [1.165, 1.54) is 0 Å². The number of sulfonamides is 1. The van der Waals surface area contributed by atoms with E-state index in [0.717, 1.165) is 21.9 Å². The Morgan fingerprint density at radius 2 is 1.45 bits per heavy atom. The molecule has 3 heterocycles. The number of hydrogen-bond donors (Lipinski definition) is 0. The van der Waals surface area contributed by atoms with Crippen molar-refractivity contribution in [1.29, 1.82) is 0 Å². The van der Waals surface area contributed by atoms with E-state index in [2.05, 4.69) is 9.88 Å². The average Bonchev–Trinajstić information content (AvgIpc) is 2.96. The molecule has 0 saturated carbocycles. The Morgan fingerprint density at radius 1 is 0.850 bits per heavy atom. The third-order valence-electron chi connectivity index (χ3n) is 8.23. The van der Waals surface area contributed by atoms with Gasteiger partial charge in [-0.05, 0) is 97.4 Å². The van der Waals surface area contributed by atoms with Gasteiger partial charge in [-0.2, -0.15) is 4.31 Å². The van der Waals surface area contributed by atoms with Crippen LogP contribution in [-0.4, -0.2) is 78.7 Å². The number of amides is 1. The molecule has 1 aromatic heterocycles. The number of nitrogens with zero attached hydrogens (tertiary/aromatic N) is 4.